The van der Waals surface area contributed by atoms with Gasteiger partial charge in [-0.2, -0.15) is 0 Å². The van der Waals surface area contributed by atoms with E-state index in [0.29, 0.717) is 5.92 Å². The summed E-state index contributed by atoms with van der Waals surface area (Å²) in [6.07, 6.45) is 5.46. The van der Waals surface area contributed by atoms with Crippen molar-refractivity contribution in [3.63, 3.8) is 0 Å². The van der Waals surface area contributed by atoms with Crippen LogP contribution in [0.2, 0.25) is 0 Å². The first-order valence-electron chi connectivity index (χ1n) is 6.91. The van der Waals surface area contributed by atoms with E-state index in [1.54, 1.807) is 11.8 Å². The van der Waals surface area contributed by atoms with Gasteiger partial charge in [-0.05, 0) is 31.4 Å². The number of alkyl halides is 1. The molecule has 2 fully saturated rings. The van der Waals surface area contributed by atoms with Crippen LogP contribution in [0.1, 0.15) is 12.0 Å². The molecule has 0 aromatic heterocycles. The molecule has 2 aliphatic carbocycles. The van der Waals surface area contributed by atoms with E-state index in [-0.39, 0.29) is 17.8 Å². The number of aryl methyl sites for hydroxylation is 1. The number of carbonyl (C=O) groups is 1. The van der Waals surface area contributed by atoms with E-state index in [2.05, 4.69) is 43.3 Å². The molecule has 0 radical (unpaired) electrons. The number of hydrogen-bond acceptors (Lipinski definition) is 3. The molecule has 3 aliphatic rings. The van der Waals surface area contributed by atoms with Crippen LogP contribution in [0.3, 0.4) is 0 Å². The number of allylic oxidation sites excluding steroid dienone is 1. The van der Waals surface area contributed by atoms with E-state index in [4.69, 9.17) is 16.3 Å². The smallest absolute Gasteiger partial charge is 0.325 e. The molecule has 2 bridgehead atoms. The van der Waals surface area contributed by atoms with Crippen LogP contribution >= 0.6 is 23.4 Å². The average molecular weight is 307 g/mol. The number of rotatable bonds is 2. The zero-order chi connectivity index (χ0) is 13.9. The summed E-state index contributed by atoms with van der Waals surface area (Å²) in [5, 5.41) is -0.507. The topological polar surface area (TPSA) is 26.3 Å². The molecule has 1 heterocycles. The van der Waals surface area contributed by atoms with Crippen molar-refractivity contribution in [1.82, 2.24) is 0 Å². The summed E-state index contributed by atoms with van der Waals surface area (Å²) in [5.41, 5.74) is 1.23. The second-order valence-electron chi connectivity index (χ2n) is 5.88. The lowest BCUT2D eigenvalue weighted by atomic mass is 9.89. The second-order valence-corrected chi connectivity index (χ2v) is 7.66. The Morgan fingerprint density at radius 2 is 2.05 bits per heavy atom. The van der Waals surface area contributed by atoms with Crippen LogP contribution in [-0.4, -0.2) is 16.3 Å². The summed E-state index contributed by atoms with van der Waals surface area (Å²) in [6.45, 7) is 2.07. The molecule has 20 heavy (non-hydrogen) atoms. The van der Waals surface area contributed by atoms with Crippen LogP contribution in [0.4, 0.5) is 0 Å². The fourth-order valence-corrected chi connectivity index (χ4v) is 5.75. The van der Waals surface area contributed by atoms with Gasteiger partial charge in [0, 0.05) is 16.7 Å². The van der Waals surface area contributed by atoms with Crippen LogP contribution < -0.4 is 0 Å². The van der Waals surface area contributed by atoms with Crippen molar-refractivity contribution >= 4 is 29.3 Å². The van der Waals surface area contributed by atoms with Crippen molar-refractivity contribution < 1.29 is 9.53 Å². The van der Waals surface area contributed by atoms with Gasteiger partial charge in [0.25, 0.3) is 0 Å². The lowest BCUT2D eigenvalue weighted by Gasteiger charge is -2.34. The molecule has 1 saturated heterocycles. The summed E-state index contributed by atoms with van der Waals surface area (Å²) in [5.74, 6) is 0.510. The molecule has 1 aromatic carbocycles. The van der Waals surface area contributed by atoms with Crippen LogP contribution in [0, 0.1) is 24.7 Å². The Bertz CT molecular complexity index is 595. The number of thioether (sulfide) groups is 1. The molecule has 1 aromatic rings. The van der Waals surface area contributed by atoms with Crippen molar-refractivity contribution in [3.05, 3.63) is 42.0 Å². The monoisotopic (exact) mass is 306 g/mol. The molecular weight excluding hydrogens is 292 g/mol. The maximum atomic E-state index is 12.0. The summed E-state index contributed by atoms with van der Waals surface area (Å²) in [6, 6.07) is 8.37. The SMILES string of the molecule is Cc1ccc(S[C@]23OC(=O)[C@H](Cl)[C@H]2[C@H]2C=C[C@@H]3C2)cc1. The number of ether oxygens (including phenoxy) is 1. The standard InChI is InChI=1S/C16H15ClO2S/c1-9-2-6-12(7-3-9)20-16-11-5-4-10(8-11)13(16)14(17)15(18)19-16/h2-7,10-11,13-14H,8H2,1H3/t10-,11+,13+,14+,16-/m0/s1. The highest BCUT2D eigenvalue weighted by Crippen LogP contribution is 2.64. The number of halogens is 1. The maximum Gasteiger partial charge on any atom is 0.325 e. The van der Waals surface area contributed by atoms with Crippen molar-refractivity contribution in [2.45, 2.75) is 28.6 Å². The Morgan fingerprint density at radius 1 is 1.30 bits per heavy atom. The third-order valence-corrected chi connectivity index (χ3v) is 6.59. The highest BCUT2D eigenvalue weighted by molar-refractivity contribution is 8.00. The average Bonchev–Trinajstić information content (AvgIpc) is 3.06. The molecule has 0 N–H and O–H groups in total. The first-order valence-corrected chi connectivity index (χ1v) is 8.16. The van der Waals surface area contributed by atoms with Crippen LogP contribution in [-0.2, 0) is 9.53 Å². The Hall–Kier alpha value is -0.930. The van der Waals surface area contributed by atoms with E-state index in [1.807, 2.05) is 0 Å². The zero-order valence-electron chi connectivity index (χ0n) is 11.1. The first-order chi connectivity index (χ1) is 9.60. The van der Waals surface area contributed by atoms with Gasteiger partial charge in [-0.3, -0.25) is 4.79 Å². The predicted molar refractivity (Wildman–Crippen MR) is 79.7 cm³/mol. The molecule has 2 nitrogen and oxygen atoms in total. The van der Waals surface area contributed by atoms with Crippen molar-refractivity contribution in [1.29, 1.82) is 0 Å². The van der Waals surface area contributed by atoms with E-state index >= 15 is 0 Å². The Morgan fingerprint density at radius 3 is 2.80 bits per heavy atom. The van der Waals surface area contributed by atoms with Gasteiger partial charge in [0.1, 0.15) is 5.38 Å². The van der Waals surface area contributed by atoms with E-state index in [0.717, 1.165) is 11.3 Å². The van der Waals surface area contributed by atoms with Crippen molar-refractivity contribution in [2.75, 3.05) is 0 Å². The highest BCUT2D eigenvalue weighted by atomic mass is 35.5. The molecule has 0 spiro atoms. The van der Waals surface area contributed by atoms with Gasteiger partial charge < -0.3 is 4.74 Å². The molecule has 0 amide bonds. The Kier molecular flexibility index (Phi) is 2.74. The van der Waals surface area contributed by atoms with Crippen molar-refractivity contribution in [2.24, 2.45) is 17.8 Å². The molecular formula is C16H15ClO2S. The number of esters is 1. The Labute approximate surface area is 127 Å². The minimum Gasteiger partial charge on any atom is -0.445 e. The van der Waals surface area contributed by atoms with Gasteiger partial charge in [-0.25, -0.2) is 0 Å². The van der Waals surface area contributed by atoms with Gasteiger partial charge in [-0.1, -0.05) is 41.6 Å². The lowest BCUT2D eigenvalue weighted by molar-refractivity contribution is -0.144. The van der Waals surface area contributed by atoms with E-state index in [9.17, 15) is 4.79 Å². The Balaban J connectivity index is 1.72. The van der Waals surface area contributed by atoms with Crippen LogP contribution in [0.5, 0.6) is 0 Å². The maximum absolute atomic E-state index is 12.0. The fraction of sp³-hybridized carbons (Fsp3) is 0.438. The van der Waals surface area contributed by atoms with Gasteiger partial charge in [0.05, 0.1) is 0 Å². The zero-order valence-corrected chi connectivity index (χ0v) is 12.7. The lowest BCUT2D eigenvalue weighted by Crippen LogP contribution is -2.37. The molecule has 104 valence electrons. The molecule has 4 rings (SSSR count). The van der Waals surface area contributed by atoms with Gasteiger partial charge >= 0.3 is 5.97 Å². The number of hydrogen-bond donors (Lipinski definition) is 0. The predicted octanol–water partition coefficient (Wildman–Crippen LogP) is 3.77. The van der Waals surface area contributed by atoms with Gasteiger partial charge in [0.2, 0.25) is 0 Å². The first kappa shape index (κ1) is 12.8. The van der Waals surface area contributed by atoms with Crippen molar-refractivity contribution in [3.8, 4) is 0 Å². The third-order valence-electron chi connectivity index (χ3n) is 4.66. The van der Waals surface area contributed by atoms with Gasteiger partial charge in [-0.15, -0.1) is 11.6 Å². The summed E-state index contributed by atoms with van der Waals surface area (Å²) < 4.78 is 5.79. The van der Waals surface area contributed by atoms with Gasteiger partial charge in [0.15, 0.2) is 4.93 Å². The van der Waals surface area contributed by atoms with Crippen LogP contribution in [0.25, 0.3) is 0 Å². The molecule has 0 unspecified atom stereocenters. The molecule has 4 heteroatoms. The van der Waals surface area contributed by atoms with E-state index < -0.39 is 10.3 Å². The van der Waals surface area contributed by atoms with E-state index in [1.165, 1.54) is 5.56 Å². The molecule has 1 aliphatic heterocycles. The van der Waals surface area contributed by atoms with Crippen LogP contribution in [0.15, 0.2) is 41.3 Å². The number of fused-ring (bicyclic) bond motifs is 5. The number of benzene rings is 1. The quantitative estimate of drug-likeness (QED) is 0.473. The minimum absolute atomic E-state index is 0.0953. The second kappa shape index (κ2) is 4.28. The summed E-state index contributed by atoms with van der Waals surface area (Å²) in [4.78, 5) is 12.6. The normalized spacial score (nSPS) is 41.0. The highest BCUT2D eigenvalue weighted by Gasteiger charge is 2.67. The number of carbonyl (C=O) groups excluding carboxylic acids is 1. The molecule has 1 saturated carbocycles. The minimum atomic E-state index is -0.507. The summed E-state index contributed by atoms with van der Waals surface area (Å²) in [7, 11) is 0. The molecule has 5 atom stereocenters. The fourth-order valence-electron chi connectivity index (χ4n) is 3.72. The summed E-state index contributed by atoms with van der Waals surface area (Å²) >= 11 is 7.99. The third kappa shape index (κ3) is 1.63. The largest absolute Gasteiger partial charge is 0.445 e.